The monoisotopic (exact) mass is 496 g/mol. The number of benzene rings is 2. The van der Waals surface area contributed by atoms with Gasteiger partial charge in [0.05, 0.1) is 13.7 Å². The fraction of sp³-hybridized carbons (Fsp3) is 0.414. The number of nitrogens with one attached hydrogen (secondary N) is 1. The summed E-state index contributed by atoms with van der Waals surface area (Å²) < 4.78 is 44.7. The molecular weight excluding hydrogens is 465 g/mol. The Morgan fingerprint density at radius 3 is 2.72 bits per heavy atom. The van der Waals surface area contributed by atoms with Crippen molar-refractivity contribution in [2.75, 3.05) is 33.3 Å². The normalized spacial score (nSPS) is 27.7. The van der Waals surface area contributed by atoms with Gasteiger partial charge in [-0.1, -0.05) is 66.3 Å². The smallest absolute Gasteiger partial charge is 0.401 e. The van der Waals surface area contributed by atoms with Gasteiger partial charge in [-0.2, -0.15) is 13.2 Å². The first-order valence-corrected chi connectivity index (χ1v) is 12.4. The molecule has 1 saturated heterocycles. The SMILES string of the molecule is COc1cccc(C2(CNC(=O)C3CC3c3ccccc3)C=CC=C3CN(CC(F)(F)F)CCC32)c1. The fourth-order valence-electron chi connectivity index (χ4n) is 5.96. The van der Waals surface area contributed by atoms with Gasteiger partial charge in [-0.25, -0.2) is 0 Å². The van der Waals surface area contributed by atoms with E-state index in [1.54, 1.807) is 7.11 Å². The van der Waals surface area contributed by atoms with E-state index < -0.39 is 18.1 Å². The van der Waals surface area contributed by atoms with E-state index in [2.05, 4.69) is 23.5 Å². The molecule has 190 valence electrons. The maximum atomic E-state index is 13.2. The second-order valence-electron chi connectivity index (χ2n) is 10.1. The molecule has 7 heteroatoms. The number of ether oxygens (including phenoxy) is 1. The first-order chi connectivity index (χ1) is 17.3. The average molecular weight is 497 g/mol. The van der Waals surface area contributed by atoms with Gasteiger partial charge in [-0.05, 0) is 54.5 Å². The number of alkyl halides is 3. The summed E-state index contributed by atoms with van der Waals surface area (Å²) in [5, 5.41) is 3.22. The van der Waals surface area contributed by atoms with E-state index in [0.29, 0.717) is 25.3 Å². The number of carbonyl (C=O) groups excluding carboxylic acids is 1. The van der Waals surface area contributed by atoms with E-state index in [-0.39, 0.29) is 30.2 Å². The molecule has 2 fully saturated rings. The molecular formula is C29H31F3N2O2. The van der Waals surface area contributed by atoms with Gasteiger partial charge in [0, 0.05) is 24.4 Å². The van der Waals surface area contributed by atoms with Gasteiger partial charge in [0.25, 0.3) is 0 Å². The third-order valence-corrected chi connectivity index (χ3v) is 7.83. The molecule has 2 aliphatic carbocycles. The van der Waals surface area contributed by atoms with Crippen molar-refractivity contribution >= 4 is 5.91 Å². The second kappa shape index (κ2) is 9.77. The summed E-state index contributed by atoms with van der Waals surface area (Å²) in [6.45, 7) is 0.0988. The Morgan fingerprint density at radius 2 is 1.97 bits per heavy atom. The Balaban J connectivity index is 1.37. The van der Waals surface area contributed by atoms with Crippen LogP contribution in [0, 0.1) is 11.8 Å². The topological polar surface area (TPSA) is 41.6 Å². The lowest BCUT2D eigenvalue weighted by Gasteiger charge is -2.47. The number of rotatable bonds is 7. The fourth-order valence-corrected chi connectivity index (χ4v) is 5.96. The molecule has 0 radical (unpaired) electrons. The minimum atomic E-state index is -4.23. The third kappa shape index (κ3) is 5.07. The summed E-state index contributed by atoms with van der Waals surface area (Å²) in [4.78, 5) is 14.7. The van der Waals surface area contributed by atoms with Crippen LogP contribution in [0.3, 0.4) is 0 Å². The number of nitrogens with zero attached hydrogens (tertiary/aromatic N) is 1. The molecule has 0 bridgehead atoms. The van der Waals surface area contributed by atoms with Crippen molar-refractivity contribution in [3.63, 3.8) is 0 Å². The van der Waals surface area contributed by atoms with E-state index in [0.717, 1.165) is 17.6 Å². The van der Waals surface area contributed by atoms with E-state index in [9.17, 15) is 18.0 Å². The van der Waals surface area contributed by atoms with Crippen molar-refractivity contribution in [3.05, 3.63) is 89.5 Å². The van der Waals surface area contributed by atoms with Gasteiger partial charge in [0.15, 0.2) is 0 Å². The lowest BCUT2D eigenvalue weighted by Crippen LogP contribution is -2.52. The van der Waals surface area contributed by atoms with Crippen LogP contribution in [0.2, 0.25) is 0 Å². The number of methoxy groups -OCH3 is 1. The van der Waals surface area contributed by atoms with Gasteiger partial charge >= 0.3 is 6.18 Å². The van der Waals surface area contributed by atoms with Gasteiger partial charge in [-0.3, -0.25) is 9.69 Å². The number of fused-ring (bicyclic) bond motifs is 1. The minimum absolute atomic E-state index is 0.0106. The van der Waals surface area contributed by atoms with Crippen molar-refractivity contribution in [2.24, 2.45) is 11.8 Å². The summed E-state index contributed by atoms with van der Waals surface area (Å²) in [6.07, 6.45) is 3.17. The zero-order valence-corrected chi connectivity index (χ0v) is 20.3. The predicted octanol–water partition coefficient (Wildman–Crippen LogP) is 5.23. The van der Waals surface area contributed by atoms with Gasteiger partial charge in [0.1, 0.15) is 5.75 Å². The van der Waals surface area contributed by atoms with Gasteiger partial charge in [0.2, 0.25) is 5.91 Å². The Labute approximate surface area is 209 Å². The van der Waals surface area contributed by atoms with Crippen LogP contribution in [0.15, 0.2) is 78.4 Å². The van der Waals surface area contributed by atoms with E-state index in [1.807, 2.05) is 54.6 Å². The summed E-state index contributed by atoms with van der Waals surface area (Å²) in [6, 6.07) is 17.9. The van der Waals surface area contributed by atoms with Crippen LogP contribution >= 0.6 is 0 Å². The number of carbonyl (C=O) groups is 1. The average Bonchev–Trinajstić information content (AvgIpc) is 3.68. The summed E-state index contributed by atoms with van der Waals surface area (Å²) in [5.74, 6) is 0.921. The van der Waals surface area contributed by atoms with E-state index in [4.69, 9.17) is 4.74 Å². The molecule has 1 saturated carbocycles. The number of amides is 1. The first kappa shape index (κ1) is 24.6. The molecule has 2 aromatic rings. The molecule has 2 aromatic carbocycles. The highest BCUT2D eigenvalue weighted by Crippen LogP contribution is 2.49. The number of hydrogen-bond acceptors (Lipinski definition) is 3. The van der Waals surface area contributed by atoms with Crippen LogP contribution in [-0.4, -0.2) is 50.3 Å². The first-order valence-electron chi connectivity index (χ1n) is 12.4. The largest absolute Gasteiger partial charge is 0.497 e. The lowest BCUT2D eigenvalue weighted by molar-refractivity contribution is -0.147. The maximum Gasteiger partial charge on any atom is 0.401 e. The van der Waals surface area contributed by atoms with Gasteiger partial charge < -0.3 is 10.1 Å². The van der Waals surface area contributed by atoms with E-state index in [1.165, 1.54) is 10.5 Å². The molecule has 1 aliphatic heterocycles. The van der Waals surface area contributed by atoms with Gasteiger partial charge in [-0.15, -0.1) is 0 Å². The Kier molecular flexibility index (Phi) is 6.68. The van der Waals surface area contributed by atoms with Crippen LogP contribution in [0.1, 0.15) is 29.9 Å². The number of likely N-dealkylation sites (tertiary alicyclic amines) is 1. The van der Waals surface area contributed by atoms with Crippen LogP contribution in [0.4, 0.5) is 13.2 Å². The highest BCUT2D eigenvalue weighted by molar-refractivity contribution is 5.83. The number of halogens is 3. The standard InChI is InChI=1S/C29H31F3N2O2/c1-36-23-11-5-10-22(15-23)28(18-33-27(35)25-16-24(25)20-7-3-2-4-8-20)13-6-9-21-17-34(14-12-26(21)28)19-29(30,31)32/h2-11,13,15,24-26H,12,14,16-19H2,1H3,(H,33,35). The summed E-state index contributed by atoms with van der Waals surface area (Å²) in [5.41, 5.74) is 2.59. The number of hydrogen-bond donors (Lipinski definition) is 1. The molecule has 0 aromatic heterocycles. The van der Waals surface area contributed by atoms with Crippen molar-refractivity contribution in [3.8, 4) is 5.75 Å². The molecule has 3 aliphatic rings. The summed E-state index contributed by atoms with van der Waals surface area (Å²) in [7, 11) is 1.61. The molecule has 5 rings (SSSR count). The predicted molar refractivity (Wildman–Crippen MR) is 133 cm³/mol. The molecule has 1 heterocycles. The van der Waals surface area contributed by atoms with E-state index >= 15 is 0 Å². The Bertz CT molecular complexity index is 1160. The highest BCUT2D eigenvalue weighted by atomic mass is 19.4. The maximum absolute atomic E-state index is 13.2. The molecule has 4 unspecified atom stereocenters. The van der Waals surface area contributed by atoms with Crippen molar-refractivity contribution in [1.29, 1.82) is 0 Å². The zero-order chi connectivity index (χ0) is 25.3. The van der Waals surface area contributed by atoms with Crippen LogP contribution in [0.25, 0.3) is 0 Å². The molecule has 1 N–H and O–H groups in total. The third-order valence-electron chi connectivity index (χ3n) is 7.83. The lowest BCUT2D eigenvalue weighted by atomic mass is 9.62. The second-order valence-corrected chi connectivity index (χ2v) is 10.1. The van der Waals surface area contributed by atoms with Crippen molar-refractivity contribution in [2.45, 2.75) is 30.4 Å². The molecule has 36 heavy (non-hydrogen) atoms. The molecule has 0 spiro atoms. The Hall–Kier alpha value is -3.06. The van der Waals surface area contributed by atoms with Crippen molar-refractivity contribution in [1.82, 2.24) is 10.2 Å². The molecule has 4 nitrogen and oxygen atoms in total. The minimum Gasteiger partial charge on any atom is -0.497 e. The quantitative estimate of drug-likeness (QED) is 0.571. The highest BCUT2D eigenvalue weighted by Gasteiger charge is 2.47. The Morgan fingerprint density at radius 1 is 1.17 bits per heavy atom. The molecule has 1 amide bonds. The number of allylic oxidation sites excluding steroid dienone is 2. The summed E-state index contributed by atoms with van der Waals surface area (Å²) >= 11 is 0. The van der Waals surface area contributed by atoms with Crippen molar-refractivity contribution < 1.29 is 22.7 Å². The van der Waals surface area contributed by atoms with Crippen LogP contribution < -0.4 is 10.1 Å². The zero-order valence-electron chi connectivity index (χ0n) is 20.3. The van der Waals surface area contributed by atoms with Crippen LogP contribution in [0.5, 0.6) is 5.75 Å². The molecule has 4 atom stereocenters. The number of piperidine rings is 1. The van der Waals surface area contributed by atoms with Crippen LogP contribution in [-0.2, 0) is 10.2 Å².